The highest BCUT2D eigenvalue weighted by Gasteiger charge is 2.39. The van der Waals surface area contributed by atoms with Gasteiger partial charge in [0, 0.05) is 23.7 Å². The number of rotatable bonds is 3. The number of nitrogens with one attached hydrogen (secondary N) is 1. The van der Waals surface area contributed by atoms with E-state index in [2.05, 4.69) is 0 Å². The van der Waals surface area contributed by atoms with Crippen molar-refractivity contribution in [3.8, 4) is 0 Å². The summed E-state index contributed by atoms with van der Waals surface area (Å²) in [6.07, 6.45) is -5.14. The first-order valence-corrected chi connectivity index (χ1v) is 7.27. The molecule has 1 aromatic rings. The molecular weight excluding hydrogens is 341 g/mol. The van der Waals surface area contributed by atoms with E-state index in [0.29, 0.717) is 6.07 Å². The number of benzene rings is 1. The van der Waals surface area contributed by atoms with E-state index < -0.39 is 47.9 Å². The highest BCUT2D eigenvalue weighted by atomic mass is 35.7. The summed E-state index contributed by atoms with van der Waals surface area (Å²) in [7, 11) is 0.279. The van der Waals surface area contributed by atoms with Gasteiger partial charge in [-0.25, -0.2) is 8.42 Å². The number of alkyl halides is 3. The zero-order valence-electron chi connectivity index (χ0n) is 10.1. The summed E-state index contributed by atoms with van der Waals surface area (Å²) in [6.45, 7) is 0.843. The van der Waals surface area contributed by atoms with Crippen LogP contribution in [0.3, 0.4) is 0 Å². The number of amides is 1. The van der Waals surface area contributed by atoms with E-state index in [1.54, 1.807) is 5.32 Å². The molecule has 0 bridgehead atoms. The average Bonchev–Trinajstić information content (AvgIpc) is 2.24. The molecule has 0 radical (unpaired) electrons. The standard InChI is InChI=1S/C9H6ClF3N2O5S/c1-4(16)14-8-6(9(11,12)13)2-5(21(10,19)20)3-7(8)15(17)18/h2-3H,1H3,(H,14,16). The highest BCUT2D eigenvalue weighted by Crippen LogP contribution is 2.42. The molecular formula is C9H6ClF3N2O5S. The minimum absolute atomic E-state index is 0.112. The van der Waals surface area contributed by atoms with Crippen LogP contribution in [0.5, 0.6) is 0 Å². The topological polar surface area (TPSA) is 106 Å². The van der Waals surface area contributed by atoms with E-state index in [9.17, 15) is 36.5 Å². The fraction of sp³-hybridized carbons (Fsp3) is 0.222. The molecule has 7 nitrogen and oxygen atoms in total. The third kappa shape index (κ3) is 4.04. The van der Waals surface area contributed by atoms with E-state index in [0.717, 1.165) is 6.92 Å². The number of nitro groups is 1. The van der Waals surface area contributed by atoms with Gasteiger partial charge in [-0.05, 0) is 6.07 Å². The maximum atomic E-state index is 12.9. The van der Waals surface area contributed by atoms with Crippen LogP contribution in [0.1, 0.15) is 12.5 Å². The van der Waals surface area contributed by atoms with E-state index in [1.165, 1.54) is 0 Å². The Hall–Kier alpha value is -1.88. The molecule has 1 aromatic carbocycles. The molecule has 0 aliphatic heterocycles. The fourth-order valence-corrected chi connectivity index (χ4v) is 2.19. The smallest absolute Gasteiger partial charge is 0.320 e. The van der Waals surface area contributed by atoms with Gasteiger partial charge in [0.05, 0.1) is 15.4 Å². The van der Waals surface area contributed by atoms with Crippen LogP contribution < -0.4 is 5.32 Å². The highest BCUT2D eigenvalue weighted by molar-refractivity contribution is 8.13. The normalized spacial score (nSPS) is 12.0. The van der Waals surface area contributed by atoms with Crippen LogP contribution in [0.2, 0.25) is 0 Å². The van der Waals surface area contributed by atoms with Gasteiger partial charge in [-0.15, -0.1) is 0 Å². The summed E-state index contributed by atoms with van der Waals surface area (Å²) >= 11 is 0. The molecule has 0 saturated carbocycles. The molecule has 0 heterocycles. The molecule has 0 atom stereocenters. The zero-order chi connectivity index (χ0) is 16.6. The number of halogens is 4. The minimum atomic E-state index is -5.14. The second-order valence-electron chi connectivity index (χ2n) is 3.74. The molecule has 0 aliphatic rings. The molecule has 0 aromatic heterocycles. The number of nitro benzene ring substituents is 1. The van der Waals surface area contributed by atoms with Crippen molar-refractivity contribution in [3.05, 3.63) is 27.8 Å². The first-order valence-electron chi connectivity index (χ1n) is 4.96. The lowest BCUT2D eigenvalue weighted by Gasteiger charge is -2.14. The van der Waals surface area contributed by atoms with Crippen molar-refractivity contribution in [1.82, 2.24) is 0 Å². The molecule has 21 heavy (non-hydrogen) atoms. The minimum Gasteiger partial charge on any atom is -0.320 e. The molecule has 0 fully saturated rings. The van der Waals surface area contributed by atoms with E-state index in [-0.39, 0.29) is 6.07 Å². The van der Waals surface area contributed by atoms with Crippen molar-refractivity contribution in [2.45, 2.75) is 18.0 Å². The number of anilines is 1. The number of nitrogens with zero attached hydrogens (tertiary/aromatic N) is 1. The molecule has 0 aliphatic carbocycles. The fourth-order valence-electron chi connectivity index (χ4n) is 1.42. The first-order chi connectivity index (χ1) is 9.34. The Morgan fingerprint density at radius 2 is 1.90 bits per heavy atom. The Kier molecular flexibility index (Phi) is 4.48. The van der Waals surface area contributed by atoms with Gasteiger partial charge in [0.15, 0.2) is 0 Å². The van der Waals surface area contributed by atoms with E-state index in [1.807, 2.05) is 0 Å². The maximum Gasteiger partial charge on any atom is 0.418 e. The molecule has 0 spiro atoms. The number of carbonyl (C=O) groups is 1. The average molecular weight is 347 g/mol. The van der Waals surface area contributed by atoms with Crippen molar-refractivity contribution in [1.29, 1.82) is 0 Å². The Morgan fingerprint density at radius 3 is 2.24 bits per heavy atom. The Bertz CT molecular complexity index is 717. The number of hydrogen-bond donors (Lipinski definition) is 1. The van der Waals surface area contributed by atoms with Crippen LogP contribution in [-0.2, 0) is 20.0 Å². The summed E-state index contributed by atoms with van der Waals surface area (Å²) in [4.78, 5) is 19.4. The second kappa shape index (κ2) is 5.48. The first kappa shape index (κ1) is 17.2. The monoisotopic (exact) mass is 346 g/mol. The third-order valence-corrected chi connectivity index (χ3v) is 3.51. The molecule has 1 rings (SSSR count). The summed E-state index contributed by atoms with van der Waals surface area (Å²) in [6, 6.07) is 0.448. The quantitative estimate of drug-likeness (QED) is 0.514. The van der Waals surface area contributed by atoms with Crippen molar-refractivity contribution in [2.24, 2.45) is 0 Å². The lowest BCUT2D eigenvalue weighted by atomic mass is 10.1. The van der Waals surface area contributed by atoms with Gasteiger partial charge >= 0.3 is 6.18 Å². The molecule has 12 heteroatoms. The van der Waals surface area contributed by atoms with Crippen LogP contribution in [0.25, 0.3) is 0 Å². The number of hydrogen-bond acceptors (Lipinski definition) is 5. The number of carbonyl (C=O) groups excluding carboxylic acids is 1. The molecule has 116 valence electrons. The molecule has 1 N–H and O–H groups in total. The lowest BCUT2D eigenvalue weighted by Crippen LogP contribution is -2.16. The third-order valence-electron chi connectivity index (χ3n) is 2.18. The summed E-state index contributed by atoms with van der Waals surface area (Å²) in [5.74, 6) is -0.995. The molecule has 0 unspecified atom stereocenters. The van der Waals surface area contributed by atoms with Crippen LogP contribution in [-0.4, -0.2) is 19.2 Å². The van der Waals surface area contributed by atoms with E-state index in [4.69, 9.17) is 10.7 Å². The molecule has 0 saturated heterocycles. The Morgan fingerprint density at radius 1 is 1.38 bits per heavy atom. The van der Waals surface area contributed by atoms with Crippen molar-refractivity contribution in [2.75, 3.05) is 5.32 Å². The van der Waals surface area contributed by atoms with E-state index >= 15 is 0 Å². The predicted molar refractivity (Wildman–Crippen MR) is 65.4 cm³/mol. The van der Waals surface area contributed by atoms with Gasteiger partial charge in [-0.1, -0.05) is 0 Å². The van der Waals surface area contributed by atoms with Crippen LogP contribution in [0.4, 0.5) is 24.5 Å². The predicted octanol–water partition coefficient (Wildman–Crippen LogP) is 2.50. The Labute approximate surface area is 120 Å². The largest absolute Gasteiger partial charge is 0.418 e. The van der Waals surface area contributed by atoms with Gasteiger partial charge in [0.2, 0.25) is 5.91 Å². The molecule has 1 amide bonds. The maximum absolute atomic E-state index is 12.9. The van der Waals surface area contributed by atoms with Crippen LogP contribution >= 0.6 is 10.7 Å². The van der Waals surface area contributed by atoms with Gasteiger partial charge in [-0.2, -0.15) is 13.2 Å². The van der Waals surface area contributed by atoms with Gasteiger partial charge in [-0.3, -0.25) is 14.9 Å². The van der Waals surface area contributed by atoms with Gasteiger partial charge in [0.25, 0.3) is 14.7 Å². The van der Waals surface area contributed by atoms with Gasteiger partial charge in [0.1, 0.15) is 5.69 Å². The summed E-state index contributed by atoms with van der Waals surface area (Å²) in [5, 5.41) is 12.5. The summed E-state index contributed by atoms with van der Waals surface area (Å²) in [5.41, 5.74) is -4.07. The van der Waals surface area contributed by atoms with Gasteiger partial charge < -0.3 is 5.32 Å². The van der Waals surface area contributed by atoms with Crippen molar-refractivity contribution >= 4 is 37.0 Å². The Balaban J connectivity index is 3.83. The van der Waals surface area contributed by atoms with Crippen molar-refractivity contribution in [3.63, 3.8) is 0 Å². The summed E-state index contributed by atoms with van der Waals surface area (Å²) < 4.78 is 60.9. The lowest BCUT2D eigenvalue weighted by molar-refractivity contribution is -0.384. The van der Waals surface area contributed by atoms with Crippen LogP contribution in [0.15, 0.2) is 17.0 Å². The SMILES string of the molecule is CC(=O)Nc1c([N+](=O)[O-])cc(S(=O)(=O)Cl)cc1C(F)(F)F. The van der Waals surface area contributed by atoms with Crippen LogP contribution in [0, 0.1) is 10.1 Å². The second-order valence-corrected chi connectivity index (χ2v) is 6.30. The zero-order valence-corrected chi connectivity index (χ0v) is 11.6. The van der Waals surface area contributed by atoms with Crippen molar-refractivity contribution < 1.29 is 31.3 Å².